The van der Waals surface area contributed by atoms with Gasteiger partial charge in [-0.05, 0) is 46.7 Å². The fourth-order valence-electron chi connectivity index (χ4n) is 5.08. The van der Waals surface area contributed by atoms with Crippen molar-refractivity contribution in [3.8, 4) is 11.4 Å². The highest BCUT2D eigenvalue weighted by Gasteiger charge is 2.39. The Balaban J connectivity index is 1.93. The molecule has 0 bridgehead atoms. The molecule has 0 N–H and O–H groups in total. The van der Waals surface area contributed by atoms with Crippen LogP contribution in [0, 0.1) is 6.92 Å². The number of nitrogens with zero attached hydrogens (tertiary/aromatic N) is 2. The average molecular weight is 386 g/mol. The first-order valence-corrected chi connectivity index (χ1v) is 10.5. The molecule has 4 aromatic rings. The van der Waals surface area contributed by atoms with E-state index >= 15 is 0 Å². The molecule has 0 saturated heterocycles. The van der Waals surface area contributed by atoms with Gasteiger partial charge in [0.25, 0.3) is 0 Å². The number of furan rings is 1. The molecule has 0 unspecified atom stereocenters. The molecule has 2 aromatic carbocycles. The van der Waals surface area contributed by atoms with Crippen LogP contribution in [0.2, 0.25) is 0 Å². The van der Waals surface area contributed by atoms with Crippen molar-refractivity contribution in [2.45, 2.75) is 58.3 Å². The summed E-state index contributed by atoms with van der Waals surface area (Å²) in [5.74, 6) is 0.933. The summed E-state index contributed by atoms with van der Waals surface area (Å²) >= 11 is 0. The van der Waals surface area contributed by atoms with Gasteiger partial charge in [-0.1, -0.05) is 52.0 Å². The topological polar surface area (TPSA) is 29.9 Å². The lowest BCUT2D eigenvalue weighted by molar-refractivity contribution is -0.663. The van der Waals surface area contributed by atoms with Crippen LogP contribution in [-0.2, 0) is 17.9 Å². The SMILES string of the molecule is Cc1ccc2c(oc3c4c(ccc32)C(C)(C)CCC4(C)C)c1-c1nccc[n+]1C. The molecule has 2 heterocycles. The van der Waals surface area contributed by atoms with Gasteiger partial charge in [-0.3, -0.25) is 0 Å². The van der Waals surface area contributed by atoms with Gasteiger partial charge in [0, 0.05) is 22.4 Å². The molecule has 29 heavy (non-hydrogen) atoms. The summed E-state index contributed by atoms with van der Waals surface area (Å²) in [5, 5.41) is 2.39. The van der Waals surface area contributed by atoms with Crippen molar-refractivity contribution in [1.29, 1.82) is 0 Å². The zero-order valence-electron chi connectivity index (χ0n) is 18.3. The van der Waals surface area contributed by atoms with Crippen LogP contribution in [0.15, 0.2) is 47.1 Å². The van der Waals surface area contributed by atoms with Crippen LogP contribution in [0.1, 0.15) is 57.2 Å². The molecular formula is C26H29N2O+. The standard InChI is InChI=1S/C26H29N2O/c1-16-8-9-17-18-10-11-19-21(26(4,5)13-12-25(19,2)3)23(18)29-22(17)20(16)24-27-14-7-15-28(24)6/h7-11,14-15H,12-13H2,1-6H3/q+1. The normalized spacial score (nSPS) is 17.6. The smallest absolute Gasteiger partial charge is 0.334 e. The van der Waals surface area contributed by atoms with Crippen LogP contribution < -0.4 is 4.57 Å². The van der Waals surface area contributed by atoms with Crippen molar-refractivity contribution < 1.29 is 8.98 Å². The summed E-state index contributed by atoms with van der Waals surface area (Å²) in [7, 11) is 2.04. The first-order chi connectivity index (χ1) is 13.7. The van der Waals surface area contributed by atoms with Gasteiger partial charge in [0.05, 0.1) is 13.2 Å². The molecule has 148 valence electrons. The lowest BCUT2D eigenvalue weighted by atomic mass is 9.63. The maximum atomic E-state index is 6.75. The van der Waals surface area contributed by atoms with Gasteiger partial charge in [0.1, 0.15) is 17.3 Å². The van der Waals surface area contributed by atoms with Gasteiger partial charge in [0.15, 0.2) is 5.58 Å². The van der Waals surface area contributed by atoms with Crippen molar-refractivity contribution in [1.82, 2.24) is 4.98 Å². The van der Waals surface area contributed by atoms with Crippen molar-refractivity contribution in [3.05, 3.63) is 59.4 Å². The highest BCUT2D eigenvalue weighted by Crippen LogP contribution is 2.50. The Morgan fingerprint density at radius 1 is 0.931 bits per heavy atom. The predicted molar refractivity (Wildman–Crippen MR) is 118 cm³/mol. The molecule has 0 atom stereocenters. The van der Waals surface area contributed by atoms with Crippen LogP contribution in [0.25, 0.3) is 33.3 Å². The van der Waals surface area contributed by atoms with Crippen molar-refractivity contribution >= 4 is 21.9 Å². The Morgan fingerprint density at radius 2 is 1.62 bits per heavy atom. The molecule has 1 aliphatic carbocycles. The van der Waals surface area contributed by atoms with Gasteiger partial charge in [-0.15, -0.1) is 0 Å². The number of hydrogen-bond acceptors (Lipinski definition) is 2. The molecule has 3 nitrogen and oxygen atoms in total. The lowest BCUT2D eigenvalue weighted by Crippen LogP contribution is -2.33. The van der Waals surface area contributed by atoms with Crippen LogP contribution in [0.5, 0.6) is 0 Å². The first kappa shape index (κ1) is 18.4. The van der Waals surface area contributed by atoms with Gasteiger partial charge in [-0.25, -0.2) is 4.57 Å². The van der Waals surface area contributed by atoms with E-state index in [0.717, 1.165) is 22.6 Å². The molecule has 0 aliphatic heterocycles. The van der Waals surface area contributed by atoms with Crippen molar-refractivity contribution in [3.63, 3.8) is 0 Å². The summed E-state index contributed by atoms with van der Waals surface area (Å²) in [6, 6.07) is 11.0. The molecule has 0 saturated carbocycles. The van der Waals surface area contributed by atoms with Crippen LogP contribution in [0.4, 0.5) is 0 Å². The largest absolute Gasteiger partial charge is 0.455 e. The minimum Gasteiger partial charge on any atom is -0.455 e. The third kappa shape index (κ3) is 2.56. The molecule has 2 aromatic heterocycles. The number of rotatable bonds is 1. The summed E-state index contributed by atoms with van der Waals surface area (Å²) in [4.78, 5) is 4.67. The Morgan fingerprint density at radius 3 is 2.38 bits per heavy atom. The van der Waals surface area contributed by atoms with E-state index in [1.807, 2.05) is 25.5 Å². The summed E-state index contributed by atoms with van der Waals surface area (Å²) in [5.41, 5.74) is 7.36. The molecule has 5 rings (SSSR count). The Labute approximate surface area is 172 Å². The highest BCUT2D eigenvalue weighted by molar-refractivity contribution is 6.10. The van der Waals surface area contributed by atoms with Crippen molar-refractivity contribution in [2.24, 2.45) is 7.05 Å². The van der Waals surface area contributed by atoms with E-state index in [1.54, 1.807) is 0 Å². The van der Waals surface area contributed by atoms with Gasteiger partial charge in [-0.2, -0.15) is 0 Å². The summed E-state index contributed by atoms with van der Waals surface area (Å²) in [6.07, 6.45) is 6.26. The summed E-state index contributed by atoms with van der Waals surface area (Å²) < 4.78 is 8.81. The van der Waals surface area contributed by atoms with Gasteiger partial charge in [0.2, 0.25) is 0 Å². The average Bonchev–Trinajstić information content (AvgIpc) is 3.04. The van der Waals surface area contributed by atoms with Crippen LogP contribution in [0.3, 0.4) is 0 Å². The molecule has 0 spiro atoms. The van der Waals surface area contributed by atoms with Crippen LogP contribution in [-0.4, -0.2) is 4.98 Å². The van der Waals surface area contributed by atoms with E-state index in [1.165, 1.54) is 40.3 Å². The molecule has 0 fully saturated rings. The second-order valence-corrected chi connectivity index (χ2v) is 9.92. The van der Waals surface area contributed by atoms with E-state index in [9.17, 15) is 0 Å². The quantitative estimate of drug-likeness (QED) is 0.369. The number of fused-ring (bicyclic) bond motifs is 5. The number of aryl methyl sites for hydroxylation is 2. The van der Waals surface area contributed by atoms with E-state index in [4.69, 9.17) is 4.42 Å². The van der Waals surface area contributed by atoms with E-state index in [2.05, 4.69) is 68.4 Å². The number of aromatic nitrogens is 2. The highest BCUT2D eigenvalue weighted by atomic mass is 16.3. The Bertz CT molecular complexity index is 1280. The van der Waals surface area contributed by atoms with Gasteiger partial charge < -0.3 is 4.42 Å². The molecular weight excluding hydrogens is 356 g/mol. The zero-order valence-corrected chi connectivity index (χ0v) is 18.3. The molecule has 0 radical (unpaired) electrons. The third-order valence-electron chi connectivity index (χ3n) is 6.95. The van der Waals surface area contributed by atoms with E-state index in [0.29, 0.717) is 0 Å². The zero-order chi connectivity index (χ0) is 20.6. The minimum absolute atomic E-state index is 0.100. The Kier molecular flexibility index (Phi) is 3.74. The van der Waals surface area contributed by atoms with Crippen LogP contribution >= 0.6 is 0 Å². The predicted octanol–water partition coefficient (Wildman–Crippen LogP) is 6.13. The fraction of sp³-hybridized carbons (Fsp3) is 0.385. The monoisotopic (exact) mass is 385 g/mol. The molecule has 1 aliphatic rings. The molecule has 0 amide bonds. The lowest BCUT2D eigenvalue weighted by Gasteiger charge is -2.41. The first-order valence-electron chi connectivity index (χ1n) is 10.5. The number of hydrogen-bond donors (Lipinski definition) is 0. The minimum atomic E-state index is 0.100. The fourth-order valence-corrected chi connectivity index (χ4v) is 5.08. The number of benzene rings is 2. The van der Waals surface area contributed by atoms with Gasteiger partial charge >= 0.3 is 5.82 Å². The third-order valence-corrected chi connectivity index (χ3v) is 6.95. The van der Waals surface area contributed by atoms with Crippen molar-refractivity contribution in [2.75, 3.05) is 0 Å². The van der Waals surface area contributed by atoms with E-state index in [-0.39, 0.29) is 10.8 Å². The molecule has 3 heteroatoms. The second kappa shape index (κ2) is 5.91. The maximum Gasteiger partial charge on any atom is 0.334 e. The summed E-state index contributed by atoms with van der Waals surface area (Å²) in [6.45, 7) is 11.6. The Hall–Kier alpha value is -2.68. The maximum absolute atomic E-state index is 6.75. The van der Waals surface area contributed by atoms with E-state index < -0.39 is 0 Å². The second-order valence-electron chi connectivity index (χ2n) is 9.92.